The minimum absolute atomic E-state index is 0.00631. The Morgan fingerprint density at radius 1 is 1.05 bits per heavy atom. The van der Waals surface area contributed by atoms with Gasteiger partial charge in [-0.3, -0.25) is 9.09 Å². The Kier molecular flexibility index (Phi) is 9.08. The van der Waals surface area contributed by atoms with Crippen molar-refractivity contribution in [3.63, 3.8) is 0 Å². The first-order valence-corrected chi connectivity index (χ1v) is 15.7. The van der Waals surface area contributed by atoms with Crippen LogP contribution >= 0.6 is 23.5 Å². The lowest BCUT2D eigenvalue weighted by atomic mass is 10.1. The molecule has 2 aromatic heterocycles. The third kappa shape index (κ3) is 7.40. The Labute approximate surface area is 229 Å². The minimum atomic E-state index is -5.81. The fourth-order valence-corrected chi connectivity index (χ4v) is 6.87. The zero-order valence-corrected chi connectivity index (χ0v) is 23.1. The van der Waals surface area contributed by atoms with Gasteiger partial charge in [0.15, 0.2) is 23.8 Å². The van der Waals surface area contributed by atoms with Gasteiger partial charge in [0.05, 0.1) is 18.5 Å². The van der Waals surface area contributed by atoms with Crippen LogP contribution in [-0.4, -0.2) is 75.1 Å². The van der Waals surface area contributed by atoms with Gasteiger partial charge >= 0.3 is 29.4 Å². The SMILES string of the molecule is NCc1ccccc1C(=O)O[C@H]1[C@@H](O)[C@H](n2cnc3c(N)ncnc32)O[C@@H]1COP(=O)(O)OP(=O)(O)OP(=O)(O)O. The van der Waals surface area contributed by atoms with Crippen LogP contribution in [-0.2, 0) is 42.9 Å². The molecule has 1 aliphatic rings. The molecule has 1 saturated heterocycles. The molecule has 20 nitrogen and oxygen atoms in total. The lowest BCUT2D eigenvalue weighted by Crippen LogP contribution is -2.38. The normalized spacial score (nSPS) is 24.1. The number of imidazole rings is 1. The second-order valence-electron chi connectivity index (χ2n) is 8.26. The molecular weight excluding hydrogens is 617 g/mol. The maximum absolute atomic E-state index is 13.0. The van der Waals surface area contributed by atoms with Gasteiger partial charge in [0, 0.05) is 6.54 Å². The molecule has 1 fully saturated rings. The van der Waals surface area contributed by atoms with E-state index in [1.54, 1.807) is 12.1 Å². The molecule has 23 heteroatoms. The molecule has 9 N–H and O–H groups in total. The van der Waals surface area contributed by atoms with Crippen molar-refractivity contribution in [1.82, 2.24) is 19.5 Å². The molecule has 0 bridgehead atoms. The number of hydrogen-bond acceptors (Lipinski definition) is 15. The number of phosphoric acid groups is 3. The first kappa shape index (κ1) is 31.3. The van der Waals surface area contributed by atoms with E-state index >= 15 is 0 Å². The number of ether oxygens (including phenoxy) is 2. The van der Waals surface area contributed by atoms with E-state index in [1.165, 1.54) is 23.0 Å². The first-order chi connectivity index (χ1) is 19.1. The van der Waals surface area contributed by atoms with Crippen LogP contribution in [0.2, 0.25) is 0 Å². The summed E-state index contributed by atoms with van der Waals surface area (Å²) in [4.78, 5) is 61.5. The maximum Gasteiger partial charge on any atom is 0.490 e. The van der Waals surface area contributed by atoms with Crippen LogP contribution in [0.15, 0.2) is 36.9 Å². The first-order valence-electron chi connectivity index (χ1n) is 11.1. The topological polar surface area (TPSA) is 311 Å². The van der Waals surface area contributed by atoms with Crippen LogP contribution in [0.1, 0.15) is 22.1 Å². The Hall–Kier alpha value is -2.67. The molecule has 3 heterocycles. The number of carbonyl (C=O) groups is 1. The lowest BCUT2D eigenvalue weighted by Gasteiger charge is -2.22. The highest BCUT2D eigenvalue weighted by molar-refractivity contribution is 7.66. The molecule has 1 aromatic carbocycles. The van der Waals surface area contributed by atoms with Crippen molar-refractivity contribution in [2.24, 2.45) is 5.73 Å². The number of carbonyl (C=O) groups excluding carboxylic acids is 1. The summed E-state index contributed by atoms with van der Waals surface area (Å²) in [5, 5.41) is 11.1. The van der Waals surface area contributed by atoms with Crippen molar-refractivity contribution in [3.05, 3.63) is 48.0 Å². The summed E-state index contributed by atoms with van der Waals surface area (Å²) in [5.41, 5.74) is 12.2. The van der Waals surface area contributed by atoms with E-state index < -0.39 is 60.6 Å². The predicted octanol–water partition coefficient (Wildman–Crippen LogP) is -0.306. The summed E-state index contributed by atoms with van der Waals surface area (Å²) in [5.74, 6) is -0.948. The summed E-state index contributed by atoms with van der Waals surface area (Å²) in [6, 6.07) is 6.14. The molecule has 1 aliphatic heterocycles. The number of aromatic nitrogens is 4. The van der Waals surface area contributed by atoms with Gasteiger partial charge in [-0.05, 0) is 11.6 Å². The molecule has 0 saturated carbocycles. The number of esters is 1. The highest BCUT2D eigenvalue weighted by atomic mass is 31.3. The molecule has 4 rings (SSSR count). The molecular formula is C18H23N6O14P3. The number of benzene rings is 1. The Morgan fingerprint density at radius 3 is 2.44 bits per heavy atom. The van der Waals surface area contributed by atoms with Crippen LogP contribution in [0.3, 0.4) is 0 Å². The largest absolute Gasteiger partial charge is 0.490 e. The van der Waals surface area contributed by atoms with Crippen LogP contribution in [0, 0.1) is 0 Å². The van der Waals surface area contributed by atoms with Gasteiger partial charge in [-0.25, -0.2) is 33.4 Å². The van der Waals surface area contributed by atoms with Crippen LogP contribution < -0.4 is 11.5 Å². The van der Waals surface area contributed by atoms with Crippen LogP contribution in [0.4, 0.5) is 5.82 Å². The van der Waals surface area contributed by atoms with Crippen molar-refractivity contribution in [1.29, 1.82) is 0 Å². The lowest BCUT2D eigenvalue weighted by molar-refractivity contribution is -0.0520. The van der Waals surface area contributed by atoms with E-state index in [1.807, 2.05) is 0 Å². The molecule has 6 atom stereocenters. The predicted molar refractivity (Wildman–Crippen MR) is 133 cm³/mol. The molecule has 2 unspecified atom stereocenters. The zero-order chi connectivity index (χ0) is 30.2. The number of aliphatic hydroxyl groups excluding tert-OH is 1. The molecule has 3 aromatic rings. The van der Waals surface area contributed by atoms with E-state index in [2.05, 4.69) is 28.1 Å². The van der Waals surface area contributed by atoms with Gasteiger partial charge in [-0.1, -0.05) is 18.2 Å². The number of nitrogen functional groups attached to an aromatic ring is 1. The molecule has 0 amide bonds. The number of anilines is 1. The van der Waals surface area contributed by atoms with E-state index in [-0.39, 0.29) is 29.1 Å². The number of nitrogens with two attached hydrogens (primary N) is 2. The number of phosphoric ester groups is 1. The molecule has 0 aliphatic carbocycles. The van der Waals surface area contributed by atoms with E-state index in [9.17, 15) is 33.4 Å². The van der Waals surface area contributed by atoms with Gasteiger partial charge in [-0.15, -0.1) is 0 Å². The fourth-order valence-electron chi connectivity index (χ4n) is 3.84. The molecule has 41 heavy (non-hydrogen) atoms. The van der Waals surface area contributed by atoms with E-state index in [0.717, 1.165) is 6.33 Å². The highest BCUT2D eigenvalue weighted by Gasteiger charge is 2.49. The maximum atomic E-state index is 13.0. The van der Waals surface area contributed by atoms with Gasteiger partial charge in [0.25, 0.3) is 0 Å². The average Bonchev–Trinajstić information content (AvgIpc) is 3.42. The van der Waals surface area contributed by atoms with Crippen molar-refractivity contribution >= 4 is 46.4 Å². The fraction of sp³-hybridized carbons (Fsp3) is 0.333. The highest BCUT2D eigenvalue weighted by Crippen LogP contribution is 2.66. The van der Waals surface area contributed by atoms with Gasteiger partial charge in [-0.2, -0.15) is 8.62 Å². The van der Waals surface area contributed by atoms with Crippen molar-refractivity contribution < 1.29 is 65.8 Å². The average molecular weight is 640 g/mol. The number of rotatable bonds is 11. The van der Waals surface area contributed by atoms with Crippen molar-refractivity contribution in [3.8, 4) is 0 Å². The van der Waals surface area contributed by atoms with E-state index in [4.69, 9.17) is 30.7 Å². The Morgan fingerprint density at radius 2 is 1.76 bits per heavy atom. The third-order valence-corrected chi connectivity index (χ3v) is 9.29. The number of nitrogens with zero attached hydrogens (tertiary/aromatic N) is 4. The summed E-state index contributed by atoms with van der Waals surface area (Å²) in [6.07, 6.45) is -3.94. The Bertz CT molecular complexity index is 1580. The van der Waals surface area contributed by atoms with Gasteiger partial charge in [0.1, 0.15) is 24.1 Å². The summed E-state index contributed by atoms with van der Waals surface area (Å²) >= 11 is 0. The van der Waals surface area contributed by atoms with Crippen LogP contribution in [0.25, 0.3) is 11.2 Å². The summed E-state index contributed by atoms with van der Waals surface area (Å²) < 4.78 is 59.2. The summed E-state index contributed by atoms with van der Waals surface area (Å²) in [6.45, 7) is -1.06. The van der Waals surface area contributed by atoms with E-state index in [0.29, 0.717) is 5.56 Å². The molecule has 0 radical (unpaired) electrons. The van der Waals surface area contributed by atoms with Crippen LogP contribution in [0.5, 0.6) is 0 Å². The number of hydrogen-bond donors (Lipinski definition) is 7. The summed E-state index contributed by atoms with van der Waals surface area (Å²) in [7, 11) is -17.0. The van der Waals surface area contributed by atoms with Crippen molar-refractivity contribution in [2.75, 3.05) is 12.3 Å². The zero-order valence-electron chi connectivity index (χ0n) is 20.4. The molecule has 224 valence electrons. The second-order valence-corrected chi connectivity index (χ2v) is 12.7. The van der Waals surface area contributed by atoms with Crippen molar-refractivity contribution in [2.45, 2.75) is 31.1 Å². The Balaban J connectivity index is 1.60. The second kappa shape index (κ2) is 11.9. The van der Waals surface area contributed by atoms with Gasteiger partial charge < -0.3 is 45.6 Å². The van der Waals surface area contributed by atoms with Gasteiger partial charge in [0.2, 0.25) is 0 Å². The standard InChI is InChI=1S/C18H23N6O14P3/c19-5-9-3-1-2-4-10(9)18(26)36-14-11(6-34-40(30,31)38-41(32,33)37-39(27,28)29)35-17(13(14)25)24-8-23-12-15(20)21-7-22-16(12)24/h1-4,7-8,11,13-14,17,25H,5-6,19H2,(H,30,31)(H,32,33)(H2,20,21,22)(H2,27,28,29)/t11-,13-,14-,17-/m1/s1. The number of fused-ring (bicyclic) bond motifs is 1. The minimum Gasteiger partial charge on any atom is -0.453 e. The number of aliphatic hydroxyl groups is 1. The molecule has 0 spiro atoms. The quantitative estimate of drug-likeness (QED) is 0.104. The smallest absolute Gasteiger partial charge is 0.453 e. The monoisotopic (exact) mass is 640 g/mol. The third-order valence-electron chi connectivity index (χ3n) is 5.49.